The topological polar surface area (TPSA) is 96.5 Å². The molecular weight excluding hydrogens is 591 g/mol. The molecule has 1 N–H and O–H groups in total. The first-order valence-electron chi connectivity index (χ1n) is 13.7. The molecule has 9 nitrogen and oxygen atoms in total. The quantitative estimate of drug-likeness (QED) is 0.155. The van der Waals surface area contributed by atoms with Crippen LogP contribution in [0.5, 0.6) is 0 Å². The Morgan fingerprint density at radius 3 is 2.07 bits per heavy atom. The molecule has 11 heteroatoms. The van der Waals surface area contributed by atoms with Crippen LogP contribution in [0.15, 0.2) is 48.8 Å². The zero-order valence-electron chi connectivity index (χ0n) is 25.0. The van der Waals surface area contributed by atoms with E-state index < -0.39 is 23.4 Å². The van der Waals surface area contributed by atoms with Crippen LogP contribution in [0.3, 0.4) is 0 Å². The number of ether oxygens (including phenoxy) is 2. The van der Waals surface area contributed by atoms with Gasteiger partial charge < -0.3 is 18.6 Å². The number of benzene rings is 2. The highest BCUT2D eigenvalue weighted by Crippen LogP contribution is 2.40. The number of esters is 1. The number of nitrogens with one attached hydrogen (secondary N) is 1. The smallest absolute Gasteiger partial charge is 0.426 e. The first-order chi connectivity index (χ1) is 20.2. The Bertz CT molecular complexity index is 1940. The Hall–Kier alpha value is -4.21. The average molecular weight is 624 g/mol. The average Bonchev–Trinajstić information content (AvgIpc) is 3.51. The molecule has 0 fully saturated rings. The third-order valence-electron chi connectivity index (χ3n) is 7.12. The van der Waals surface area contributed by atoms with Gasteiger partial charge in [-0.3, -0.25) is 9.47 Å². The molecule has 0 aliphatic heterocycles. The SMILES string of the molecule is CCOC(=O)c1c(C(=O)c2cn(C)c3ccc(Cl)cc23)c(-c2cn(C)c3ccc(Cl)cc23)n(NC(=O)OC(C)(C)C)c1C. The number of hydrogen-bond acceptors (Lipinski definition) is 5. The molecule has 3 heterocycles. The van der Waals surface area contributed by atoms with Crippen molar-refractivity contribution in [2.24, 2.45) is 14.1 Å². The van der Waals surface area contributed by atoms with Gasteiger partial charge in [-0.05, 0) is 71.0 Å². The van der Waals surface area contributed by atoms with E-state index in [0.29, 0.717) is 37.6 Å². The lowest BCUT2D eigenvalue weighted by molar-refractivity contribution is 0.0520. The molecule has 1 amide bonds. The number of fused-ring (bicyclic) bond motifs is 2. The molecule has 0 spiro atoms. The van der Waals surface area contributed by atoms with Gasteiger partial charge in [0.25, 0.3) is 0 Å². The van der Waals surface area contributed by atoms with Crippen LogP contribution in [-0.2, 0) is 23.6 Å². The summed E-state index contributed by atoms with van der Waals surface area (Å²) in [4.78, 5) is 41.5. The second-order valence-corrected chi connectivity index (χ2v) is 12.2. The maximum atomic E-state index is 14.7. The fraction of sp³-hybridized carbons (Fsp3) is 0.281. The summed E-state index contributed by atoms with van der Waals surface area (Å²) < 4.78 is 16.1. The maximum Gasteiger partial charge on any atom is 0.426 e. The fourth-order valence-electron chi connectivity index (χ4n) is 5.38. The number of ketones is 1. The molecular formula is C32H32Cl2N4O5. The number of halogens is 2. The Morgan fingerprint density at radius 1 is 0.884 bits per heavy atom. The van der Waals surface area contributed by atoms with Crippen LogP contribution in [0.2, 0.25) is 10.0 Å². The third-order valence-corrected chi connectivity index (χ3v) is 7.59. The summed E-state index contributed by atoms with van der Waals surface area (Å²) in [5.74, 6) is -1.15. The summed E-state index contributed by atoms with van der Waals surface area (Å²) in [6.45, 7) is 8.64. The van der Waals surface area contributed by atoms with E-state index in [1.807, 2.05) is 41.6 Å². The van der Waals surface area contributed by atoms with Gasteiger partial charge in [-0.25, -0.2) is 15.0 Å². The highest BCUT2D eigenvalue weighted by molar-refractivity contribution is 6.32. The molecule has 0 aliphatic carbocycles. The van der Waals surface area contributed by atoms with Gasteiger partial charge >= 0.3 is 12.1 Å². The summed E-state index contributed by atoms with van der Waals surface area (Å²) in [6, 6.07) is 10.7. The Kier molecular flexibility index (Phi) is 7.83. The number of carbonyl (C=O) groups is 3. The molecule has 5 rings (SSSR count). The van der Waals surface area contributed by atoms with Crippen LogP contribution in [0.1, 0.15) is 59.7 Å². The van der Waals surface area contributed by atoms with Crippen LogP contribution < -0.4 is 5.43 Å². The number of aryl methyl sites for hydroxylation is 2. The van der Waals surface area contributed by atoms with Crippen molar-refractivity contribution in [2.75, 3.05) is 12.0 Å². The molecule has 43 heavy (non-hydrogen) atoms. The number of rotatable bonds is 6. The van der Waals surface area contributed by atoms with E-state index in [4.69, 9.17) is 32.7 Å². The first-order valence-corrected chi connectivity index (χ1v) is 14.4. The van der Waals surface area contributed by atoms with Crippen LogP contribution in [0.25, 0.3) is 33.1 Å². The van der Waals surface area contributed by atoms with E-state index in [2.05, 4.69) is 5.43 Å². The van der Waals surface area contributed by atoms with Crippen molar-refractivity contribution in [3.05, 3.63) is 81.2 Å². The lowest BCUT2D eigenvalue weighted by atomic mass is 9.95. The van der Waals surface area contributed by atoms with E-state index in [9.17, 15) is 14.4 Å². The van der Waals surface area contributed by atoms with Crippen molar-refractivity contribution < 1.29 is 23.9 Å². The fourth-order valence-corrected chi connectivity index (χ4v) is 5.73. The zero-order valence-corrected chi connectivity index (χ0v) is 26.5. The van der Waals surface area contributed by atoms with E-state index in [0.717, 1.165) is 11.0 Å². The Morgan fingerprint density at radius 2 is 1.47 bits per heavy atom. The van der Waals surface area contributed by atoms with Crippen LogP contribution >= 0.6 is 23.2 Å². The molecule has 3 aromatic heterocycles. The number of nitrogens with zero attached hydrogens (tertiary/aromatic N) is 3. The molecule has 0 radical (unpaired) electrons. The largest absolute Gasteiger partial charge is 0.462 e. The standard InChI is InChI=1S/C32H32Cl2N4O5/c1-8-42-30(40)26-17(2)38(35-31(41)43-32(3,4)5)28(22-15-36(6)24-11-9-18(33)13-20(22)24)27(26)29(39)23-16-37(7)25-12-10-19(34)14-21(23)25/h9-16H,8H2,1-7H3,(H,35,41). The monoisotopic (exact) mass is 622 g/mol. The van der Waals surface area contributed by atoms with Crippen LogP contribution in [0.4, 0.5) is 4.79 Å². The summed E-state index contributed by atoms with van der Waals surface area (Å²) in [5.41, 5.74) is 5.13. The van der Waals surface area contributed by atoms with Gasteiger partial charge in [0.05, 0.1) is 29.1 Å². The molecule has 0 saturated carbocycles. The third kappa shape index (κ3) is 5.50. The second-order valence-electron chi connectivity index (χ2n) is 11.3. The Labute approximate surface area is 258 Å². The van der Waals surface area contributed by atoms with Gasteiger partial charge in [0.15, 0.2) is 5.78 Å². The van der Waals surface area contributed by atoms with Crippen molar-refractivity contribution in [3.63, 3.8) is 0 Å². The molecule has 0 saturated heterocycles. The van der Waals surface area contributed by atoms with Crippen LogP contribution in [0, 0.1) is 6.92 Å². The van der Waals surface area contributed by atoms with Crippen molar-refractivity contribution in [1.29, 1.82) is 0 Å². The van der Waals surface area contributed by atoms with Crippen molar-refractivity contribution in [3.8, 4) is 11.3 Å². The molecule has 0 atom stereocenters. The Balaban J connectivity index is 1.89. The minimum absolute atomic E-state index is 0.0240. The minimum atomic E-state index is -0.802. The normalized spacial score (nSPS) is 11.7. The summed E-state index contributed by atoms with van der Waals surface area (Å²) in [6.07, 6.45) is 2.77. The first kappa shape index (κ1) is 30.3. The number of carbonyl (C=O) groups excluding carboxylic acids is 3. The van der Waals surface area contributed by atoms with E-state index in [1.54, 1.807) is 65.1 Å². The maximum absolute atomic E-state index is 14.7. The molecule has 5 aromatic rings. The van der Waals surface area contributed by atoms with Gasteiger partial charge in [-0.2, -0.15) is 0 Å². The summed E-state index contributed by atoms with van der Waals surface area (Å²) in [7, 11) is 3.69. The summed E-state index contributed by atoms with van der Waals surface area (Å²) >= 11 is 12.8. The number of aromatic nitrogens is 3. The van der Waals surface area contributed by atoms with Gasteiger partial charge in [-0.15, -0.1) is 0 Å². The number of amides is 1. The second kappa shape index (κ2) is 11.1. The molecule has 2 aromatic carbocycles. The number of hydrogen-bond donors (Lipinski definition) is 1. The van der Waals surface area contributed by atoms with Gasteiger partial charge in [0.2, 0.25) is 0 Å². The van der Waals surface area contributed by atoms with Gasteiger partial charge in [0.1, 0.15) is 5.60 Å². The van der Waals surface area contributed by atoms with Crippen molar-refractivity contribution in [1.82, 2.24) is 13.8 Å². The zero-order chi connectivity index (χ0) is 31.4. The van der Waals surface area contributed by atoms with E-state index in [-0.39, 0.29) is 23.4 Å². The van der Waals surface area contributed by atoms with Crippen molar-refractivity contribution >= 4 is 62.9 Å². The highest BCUT2D eigenvalue weighted by Gasteiger charge is 2.35. The van der Waals surface area contributed by atoms with Gasteiger partial charge in [-0.1, -0.05) is 23.2 Å². The molecule has 0 bridgehead atoms. The van der Waals surface area contributed by atoms with Crippen LogP contribution in [-0.4, -0.2) is 43.9 Å². The predicted molar refractivity (Wildman–Crippen MR) is 169 cm³/mol. The molecule has 224 valence electrons. The van der Waals surface area contributed by atoms with E-state index in [1.165, 1.54) is 4.68 Å². The minimum Gasteiger partial charge on any atom is -0.462 e. The molecule has 0 unspecified atom stereocenters. The van der Waals surface area contributed by atoms with Gasteiger partial charge in [0, 0.05) is 69.5 Å². The lowest BCUT2D eigenvalue weighted by Gasteiger charge is -2.21. The highest BCUT2D eigenvalue weighted by atomic mass is 35.5. The lowest BCUT2D eigenvalue weighted by Crippen LogP contribution is -2.32. The predicted octanol–water partition coefficient (Wildman–Crippen LogP) is 7.64. The summed E-state index contributed by atoms with van der Waals surface area (Å²) in [5, 5.41) is 2.28. The molecule has 0 aliphatic rings. The van der Waals surface area contributed by atoms with E-state index >= 15 is 0 Å². The van der Waals surface area contributed by atoms with Crippen molar-refractivity contribution in [2.45, 2.75) is 40.2 Å².